The molecule has 0 bridgehead atoms. The number of nitrogens with one attached hydrogen (secondary N) is 2. The molecule has 0 aliphatic rings. The number of thiocarbonyl (C=S) groups is 1. The summed E-state index contributed by atoms with van der Waals surface area (Å²) in [5.74, 6) is 1.48. The highest BCUT2D eigenvalue weighted by Gasteiger charge is 2.06. The van der Waals surface area contributed by atoms with E-state index in [0.29, 0.717) is 18.3 Å². The number of hydrazone groups is 1. The Hall–Kier alpha value is -2.60. The van der Waals surface area contributed by atoms with Crippen molar-refractivity contribution < 1.29 is 9.47 Å². The van der Waals surface area contributed by atoms with Crippen molar-refractivity contribution in [2.24, 2.45) is 5.10 Å². The fourth-order valence-corrected chi connectivity index (χ4v) is 2.68. The van der Waals surface area contributed by atoms with Gasteiger partial charge in [-0.2, -0.15) is 5.10 Å². The van der Waals surface area contributed by atoms with E-state index in [-0.39, 0.29) is 0 Å². The molecule has 0 spiro atoms. The van der Waals surface area contributed by atoms with Crippen molar-refractivity contribution in [1.82, 2.24) is 5.43 Å². The van der Waals surface area contributed by atoms with E-state index in [1.54, 1.807) is 6.21 Å². The Kier molecular flexibility index (Phi) is 8.75. The molecule has 2 aromatic carbocycles. The summed E-state index contributed by atoms with van der Waals surface area (Å²) in [4.78, 5) is 0. The predicted octanol–water partition coefficient (Wildman–Crippen LogP) is 5.20. The first-order valence-corrected chi connectivity index (χ1v) is 10.0. The van der Waals surface area contributed by atoms with Crippen LogP contribution >= 0.6 is 12.2 Å². The Labute approximate surface area is 173 Å². The monoisotopic (exact) mass is 399 g/mol. The number of benzene rings is 2. The summed E-state index contributed by atoms with van der Waals surface area (Å²) in [7, 11) is 0. The van der Waals surface area contributed by atoms with Crippen molar-refractivity contribution in [1.29, 1.82) is 0 Å². The number of hydrogen-bond donors (Lipinski definition) is 2. The number of nitrogens with zero attached hydrogens (tertiary/aromatic N) is 1. The van der Waals surface area contributed by atoms with Gasteiger partial charge in [0.2, 0.25) is 0 Å². The molecule has 6 heteroatoms. The van der Waals surface area contributed by atoms with Crippen LogP contribution in [0.3, 0.4) is 0 Å². The number of anilines is 1. The van der Waals surface area contributed by atoms with Crippen LogP contribution in [0.1, 0.15) is 43.4 Å². The second-order valence-corrected chi connectivity index (χ2v) is 6.82. The number of aryl methyl sites for hydroxylation is 1. The molecular formula is C22H29N3O2S. The number of ether oxygens (including phenoxy) is 2. The van der Waals surface area contributed by atoms with E-state index in [0.717, 1.165) is 41.2 Å². The van der Waals surface area contributed by atoms with Crippen molar-refractivity contribution in [2.75, 3.05) is 18.5 Å². The molecule has 5 nitrogen and oxygen atoms in total. The summed E-state index contributed by atoms with van der Waals surface area (Å²) >= 11 is 5.32. The van der Waals surface area contributed by atoms with Gasteiger partial charge < -0.3 is 14.8 Å². The third-order valence-electron chi connectivity index (χ3n) is 4.26. The first-order chi connectivity index (χ1) is 13.5. The van der Waals surface area contributed by atoms with Crippen LogP contribution in [0.2, 0.25) is 0 Å². The van der Waals surface area contributed by atoms with Crippen LogP contribution in [-0.2, 0) is 0 Å². The minimum Gasteiger partial charge on any atom is -0.490 e. The fraction of sp³-hybridized carbons (Fsp3) is 0.364. The van der Waals surface area contributed by atoms with E-state index >= 15 is 0 Å². The van der Waals surface area contributed by atoms with Crippen molar-refractivity contribution >= 4 is 29.2 Å². The Morgan fingerprint density at radius 2 is 1.93 bits per heavy atom. The maximum absolute atomic E-state index is 5.80. The summed E-state index contributed by atoms with van der Waals surface area (Å²) in [5.41, 5.74) is 7.09. The van der Waals surface area contributed by atoms with E-state index in [2.05, 4.69) is 42.7 Å². The molecule has 0 aliphatic carbocycles. The third kappa shape index (κ3) is 6.53. The predicted molar refractivity (Wildman–Crippen MR) is 121 cm³/mol. The zero-order valence-corrected chi connectivity index (χ0v) is 17.9. The van der Waals surface area contributed by atoms with Crippen LogP contribution in [0.25, 0.3) is 0 Å². The highest BCUT2D eigenvalue weighted by molar-refractivity contribution is 7.80. The first kappa shape index (κ1) is 21.7. The zero-order chi connectivity index (χ0) is 20.4. The Morgan fingerprint density at radius 3 is 2.68 bits per heavy atom. The standard InChI is InChI=1S/C22H29N3O2S/c1-5-7-13-27-20-12-11-18(14-21(20)26-6-2)15-23-25-22(28)24-19-10-8-9-16(3)17(19)4/h8-12,14-15H,5-7,13H2,1-4H3,(H2,24,25,28)/b23-15-. The highest BCUT2D eigenvalue weighted by Crippen LogP contribution is 2.28. The molecule has 0 saturated heterocycles. The largest absolute Gasteiger partial charge is 0.490 e. The molecule has 0 saturated carbocycles. The quantitative estimate of drug-likeness (QED) is 0.263. The number of hydrogen-bond acceptors (Lipinski definition) is 4. The van der Waals surface area contributed by atoms with E-state index in [1.165, 1.54) is 5.56 Å². The minimum absolute atomic E-state index is 0.439. The highest BCUT2D eigenvalue weighted by atomic mass is 32.1. The van der Waals surface area contributed by atoms with Gasteiger partial charge in [-0.3, -0.25) is 5.43 Å². The van der Waals surface area contributed by atoms with Gasteiger partial charge in [-0.05, 0) is 80.4 Å². The van der Waals surface area contributed by atoms with Gasteiger partial charge in [0.15, 0.2) is 16.6 Å². The van der Waals surface area contributed by atoms with Crippen molar-refractivity contribution in [3.05, 3.63) is 53.1 Å². The molecular weight excluding hydrogens is 370 g/mol. The van der Waals surface area contributed by atoms with Crippen LogP contribution in [0.4, 0.5) is 5.69 Å². The van der Waals surface area contributed by atoms with Gasteiger partial charge in [-0.15, -0.1) is 0 Å². The molecule has 0 unspecified atom stereocenters. The lowest BCUT2D eigenvalue weighted by atomic mass is 10.1. The van der Waals surface area contributed by atoms with E-state index < -0.39 is 0 Å². The van der Waals surface area contributed by atoms with Crippen LogP contribution < -0.4 is 20.2 Å². The Bertz CT molecular complexity index is 821. The van der Waals surface area contributed by atoms with Crippen molar-refractivity contribution in [2.45, 2.75) is 40.5 Å². The number of unbranched alkanes of at least 4 members (excludes halogenated alkanes) is 1. The van der Waals surface area contributed by atoms with Crippen LogP contribution in [0.15, 0.2) is 41.5 Å². The topological polar surface area (TPSA) is 54.9 Å². The smallest absolute Gasteiger partial charge is 0.191 e. The zero-order valence-electron chi connectivity index (χ0n) is 17.0. The molecule has 0 amide bonds. The average molecular weight is 400 g/mol. The van der Waals surface area contributed by atoms with Gasteiger partial charge in [0.1, 0.15) is 0 Å². The van der Waals surface area contributed by atoms with Crippen LogP contribution in [-0.4, -0.2) is 24.5 Å². The molecule has 0 fully saturated rings. The average Bonchev–Trinajstić information content (AvgIpc) is 2.67. The lowest BCUT2D eigenvalue weighted by Crippen LogP contribution is -2.24. The molecule has 2 N–H and O–H groups in total. The molecule has 28 heavy (non-hydrogen) atoms. The first-order valence-electron chi connectivity index (χ1n) is 9.61. The van der Waals surface area contributed by atoms with E-state index in [1.807, 2.05) is 37.3 Å². The van der Waals surface area contributed by atoms with Gasteiger partial charge in [0, 0.05) is 5.69 Å². The minimum atomic E-state index is 0.439. The third-order valence-corrected chi connectivity index (χ3v) is 4.45. The fourth-order valence-electron chi connectivity index (χ4n) is 2.52. The summed E-state index contributed by atoms with van der Waals surface area (Å²) in [5, 5.41) is 7.83. The summed E-state index contributed by atoms with van der Waals surface area (Å²) in [6.07, 6.45) is 3.81. The molecule has 0 atom stereocenters. The van der Waals surface area contributed by atoms with Gasteiger partial charge in [0.25, 0.3) is 0 Å². The van der Waals surface area contributed by atoms with Gasteiger partial charge in [0.05, 0.1) is 19.4 Å². The van der Waals surface area contributed by atoms with Crippen molar-refractivity contribution in [3.8, 4) is 11.5 Å². The van der Waals surface area contributed by atoms with Gasteiger partial charge >= 0.3 is 0 Å². The van der Waals surface area contributed by atoms with Crippen LogP contribution in [0, 0.1) is 13.8 Å². The Morgan fingerprint density at radius 1 is 1.11 bits per heavy atom. The second kappa shape index (κ2) is 11.3. The number of rotatable bonds is 9. The maximum Gasteiger partial charge on any atom is 0.191 e. The summed E-state index contributed by atoms with van der Waals surface area (Å²) in [6.45, 7) is 9.48. The van der Waals surface area contributed by atoms with Crippen molar-refractivity contribution in [3.63, 3.8) is 0 Å². The Balaban J connectivity index is 1.97. The maximum atomic E-state index is 5.80. The van der Waals surface area contributed by atoms with Gasteiger partial charge in [-0.25, -0.2) is 0 Å². The normalized spacial score (nSPS) is 10.7. The SMILES string of the molecule is CCCCOc1ccc(/C=N\NC(=S)Nc2cccc(C)c2C)cc1OCC. The second-order valence-electron chi connectivity index (χ2n) is 6.41. The molecule has 0 heterocycles. The lowest BCUT2D eigenvalue weighted by Gasteiger charge is -2.12. The van der Waals surface area contributed by atoms with E-state index in [9.17, 15) is 0 Å². The molecule has 0 aliphatic heterocycles. The lowest BCUT2D eigenvalue weighted by molar-refractivity contribution is 0.272. The molecule has 0 radical (unpaired) electrons. The molecule has 150 valence electrons. The van der Waals surface area contributed by atoms with Crippen LogP contribution in [0.5, 0.6) is 11.5 Å². The summed E-state index contributed by atoms with van der Waals surface area (Å²) in [6, 6.07) is 11.8. The van der Waals surface area contributed by atoms with E-state index in [4.69, 9.17) is 21.7 Å². The molecule has 2 rings (SSSR count). The summed E-state index contributed by atoms with van der Waals surface area (Å²) < 4.78 is 11.5. The molecule has 0 aromatic heterocycles. The van der Waals surface area contributed by atoms with Gasteiger partial charge in [-0.1, -0.05) is 25.5 Å². The molecule has 2 aromatic rings.